The van der Waals surface area contributed by atoms with Gasteiger partial charge < -0.3 is 5.32 Å². The van der Waals surface area contributed by atoms with E-state index in [1.54, 1.807) is 0 Å². The van der Waals surface area contributed by atoms with Crippen molar-refractivity contribution in [1.29, 1.82) is 0 Å². The van der Waals surface area contributed by atoms with Gasteiger partial charge in [0, 0.05) is 25.2 Å². The largest absolute Gasteiger partial charge is 0.313 e. The Labute approximate surface area is 121 Å². The van der Waals surface area contributed by atoms with E-state index in [1.807, 2.05) is 0 Å². The van der Waals surface area contributed by atoms with Gasteiger partial charge in [-0.1, -0.05) is 33.6 Å². The molecule has 1 aliphatic rings. The molecule has 2 nitrogen and oxygen atoms in total. The zero-order valence-corrected chi connectivity index (χ0v) is 13.8. The van der Waals surface area contributed by atoms with Gasteiger partial charge in [0.2, 0.25) is 0 Å². The summed E-state index contributed by atoms with van der Waals surface area (Å²) < 4.78 is 0. The van der Waals surface area contributed by atoms with E-state index in [0.717, 1.165) is 18.5 Å². The Morgan fingerprint density at radius 2 is 1.89 bits per heavy atom. The van der Waals surface area contributed by atoms with E-state index < -0.39 is 0 Å². The van der Waals surface area contributed by atoms with E-state index in [-0.39, 0.29) is 0 Å². The quantitative estimate of drug-likeness (QED) is 0.714. The first-order valence-electron chi connectivity index (χ1n) is 8.61. The lowest BCUT2D eigenvalue weighted by atomic mass is 10.0. The molecule has 1 saturated heterocycles. The van der Waals surface area contributed by atoms with Crippen LogP contribution in [-0.4, -0.2) is 36.6 Å². The second-order valence-electron chi connectivity index (χ2n) is 6.77. The van der Waals surface area contributed by atoms with Gasteiger partial charge in [-0.15, -0.1) is 0 Å². The van der Waals surface area contributed by atoms with Crippen LogP contribution in [0.4, 0.5) is 0 Å². The van der Waals surface area contributed by atoms with Gasteiger partial charge in [0.15, 0.2) is 0 Å². The summed E-state index contributed by atoms with van der Waals surface area (Å²) >= 11 is 0. The van der Waals surface area contributed by atoms with Gasteiger partial charge in [0.1, 0.15) is 0 Å². The van der Waals surface area contributed by atoms with Crippen molar-refractivity contribution in [1.82, 2.24) is 10.2 Å². The Hall–Kier alpha value is -0.0800. The van der Waals surface area contributed by atoms with Gasteiger partial charge in [-0.25, -0.2) is 0 Å². The molecule has 114 valence electrons. The monoisotopic (exact) mass is 268 g/mol. The summed E-state index contributed by atoms with van der Waals surface area (Å²) in [5, 5.41) is 3.71. The topological polar surface area (TPSA) is 15.3 Å². The molecule has 0 radical (unpaired) electrons. The van der Waals surface area contributed by atoms with Gasteiger partial charge in [-0.2, -0.15) is 0 Å². The van der Waals surface area contributed by atoms with E-state index in [0.29, 0.717) is 6.04 Å². The van der Waals surface area contributed by atoms with Crippen LogP contribution in [0.15, 0.2) is 0 Å². The Balaban J connectivity index is 2.18. The summed E-state index contributed by atoms with van der Waals surface area (Å²) in [6, 6.07) is 1.52. The highest BCUT2D eigenvalue weighted by Gasteiger charge is 2.18. The van der Waals surface area contributed by atoms with Crippen LogP contribution in [0.3, 0.4) is 0 Å². The van der Waals surface area contributed by atoms with Crippen molar-refractivity contribution in [2.45, 2.75) is 84.7 Å². The third-order valence-corrected chi connectivity index (χ3v) is 4.54. The molecule has 2 unspecified atom stereocenters. The van der Waals surface area contributed by atoms with E-state index in [1.165, 1.54) is 58.0 Å². The number of likely N-dealkylation sites (tertiary alicyclic amines) is 1. The first kappa shape index (κ1) is 17.0. The molecule has 0 spiro atoms. The minimum atomic E-state index is 0.675. The lowest BCUT2D eigenvalue weighted by Gasteiger charge is -2.29. The molecule has 19 heavy (non-hydrogen) atoms. The highest BCUT2D eigenvalue weighted by molar-refractivity contribution is 4.75. The SMILES string of the molecule is CCC1CCCCCN1CCNC(C)CCC(C)C. The zero-order valence-electron chi connectivity index (χ0n) is 13.8. The van der Waals surface area contributed by atoms with Crippen molar-refractivity contribution < 1.29 is 0 Å². The Bertz CT molecular complexity index is 215. The number of nitrogens with zero attached hydrogens (tertiary/aromatic N) is 1. The van der Waals surface area contributed by atoms with Crippen LogP contribution in [0.25, 0.3) is 0 Å². The third-order valence-electron chi connectivity index (χ3n) is 4.54. The molecule has 1 fully saturated rings. The maximum atomic E-state index is 3.71. The Kier molecular flexibility index (Phi) is 8.72. The van der Waals surface area contributed by atoms with E-state index >= 15 is 0 Å². The van der Waals surface area contributed by atoms with E-state index in [4.69, 9.17) is 0 Å². The van der Waals surface area contributed by atoms with Gasteiger partial charge in [-0.3, -0.25) is 4.90 Å². The van der Waals surface area contributed by atoms with Crippen LogP contribution in [0, 0.1) is 5.92 Å². The maximum Gasteiger partial charge on any atom is 0.0110 e. The van der Waals surface area contributed by atoms with Crippen LogP contribution in [0.2, 0.25) is 0 Å². The molecule has 1 heterocycles. The molecule has 0 aromatic rings. The summed E-state index contributed by atoms with van der Waals surface area (Å²) in [5.41, 5.74) is 0. The molecule has 2 heteroatoms. The molecule has 1 N–H and O–H groups in total. The van der Waals surface area contributed by atoms with Crippen molar-refractivity contribution in [2.24, 2.45) is 5.92 Å². The number of rotatable bonds is 8. The minimum absolute atomic E-state index is 0.675. The van der Waals surface area contributed by atoms with Gasteiger partial charge >= 0.3 is 0 Å². The van der Waals surface area contributed by atoms with Crippen LogP contribution < -0.4 is 5.32 Å². The van der Waals surface area contributed by atoms with Crippen LogP contribution in [-0.2, 0) is 0 Å². The first-order chi connectivity index (χ1) is 9.13. The normalized spacial score (nSPS) is 23.5. The minimum Gasteiger partial charge on any atom is -0.313 e. The maximum absolute atomic E-state index is 3.71. The van der Waals surface area contributed by atoms with Crippen molar-refractivity contribution in [3.8, 4) is 0 Å². The summed E-state index contributed by atoms with van der Waals surface area (Å²) in [7, 11) is 0. The lowest BCUT2D eigenvalue weighted by Crippen LogP contribution is -2.41. The molecular formula is C17H36N2. The fourth-order valence-corrected chi connectivity index (χ4v) is 3.13. The van der Waals surface area contributed by atoms with Crippen molar-refractivity contribution in [3.05, 3.63) is 0 Å². The standard InChI is InChI=1S/C17H36N2/c1-5-17-9-7-6-8-13-19(17)14-12-18-16(4)11-10-15(2)3/h15-18H,5-14H2,1-4H3. The van der Waals surface area contributed by atoms with Crippen LogP contribution >= 0.6 is 0 Å². The van der Waals surface area contributed by atoms with Gasteiger partial charge in [0.05, 0.1) is 0 Å². The summed E-state index contributed by atoms with van der Waals surface area (Å²) in [4.78, 5) is 2.73. The molecule has 0 saturated carbocycles. The highest BCUT2D eigenvalue weighted by Crippen LogP contribution is 2.18. The smallest absolute Gasteiger partial charge is 0.0110 e. The van der Waals surface area contributed by atoms with Crippen LogP contribution in [0.1, 0.15) is 72.6 Å². The predicted molar refractivity (Wildman–Crippen MR) is 85.7 cm³/mol. The molecule has 2 atom stereocenters. The number of hydrogen-bond donors (Lipinski definition) is 1. The van der Waals surface area contributed by atoms with Crippen molar-refractivity contribution in [2.75, 3.05) is 19.6 Å². The van der Waals surface area contributed by atoms with E-state index in [2.05, 4.69) is 37.9 Å². The van der Waals surface area contributed by atoms with Crippen molar-refractivity contribution in [3.63, 3.8) is 0 Å². The third kappa shape index (κ3) is 7.31. The summed E-state index contributed by atoms with van der Waals surface area (Å²) in [6.45, 7) is 13.0. The molecular weight excluding hydrogens is 232 g/mol. The van der Waals surface area contributed by atoms with Crippen molar-refractivity contribution >= 4 is 0 Å². The molecule has 0 aliphatic carbocycles. The van der Waals surface area contributed by atoms with Gasteiger partial charge in [0.25, 0.3) is 0 Å². The predicted octanol–water partition coefficient (Wildman–Crippen LogP) is 4.06. The first-order valence-corrected chi connectivity index (χ1v) is 8.61. The molecule has 0 aromatic heterocycles. The van der Waals surface area contributed by atoms with Gasteiger partial charge in [-0.05, 0) is 51.5 Å². The Morgan fingerprint density at radius 3 is 2.58 bits per heavy atom. The second-order valence-corrected chi connectivity index (χ2v) is 6.77. The van der Waals surface area contributed by atoms with E-state index in [9.17, 15) is 0 Å². The number of hydrogen-bond acceptors (Lipinski definition) is 2. The lowest BCUT2D eigenvalue weighted by molar-refractivity contribution is 0.193. The second kappa shape index (κ2) is 9.77. The average molecular weight is 268 g/mol. The number of nitrogens with one attached hydrogen (secondary N) is 1. The molecule has 0 aromatic carbocycles. The molecule has 0 amide bonds. The molecule has 1 aliphatic heterocycles. The molecule has 1 rings (SSSR count). The fourth-order valence-electron chi connectivity index (χ4n) is 3.13. The summed E-state index contributed by atoms with van der Waals surface area (Å²) in [5.74, 6) is 0.833. The van der Waals surface area contributed by atoms with Crippen LogP contribution in [0.5, 0.6) is 0 Å². The summed E-state index contributed by atoms with van der Waals surface area (Å²) in [6.07, 6.45) is 9.67. The highest BCUT2D eigenvalue weighted by atomic mass is 15.2. The molecule has 0 bridgehead atoms. The fraction of sp³-hybridized carbons (Fsp3) is 1.00. The average Bonchev–Trinajstić information content (AvgIpc) is 2.61. The Morgan fingerprint density at radius 1 is 1.11 bits per heavy atom. The zero-order chi connectivity index (χ0) is 14.1.